The average Bonchev–Trinajstić information content (AvgIpc) is 2.43. The van der Waals surface area contributed by atoms with Gasteiger partial charge in [0.05, 0.1) is 11.3 Å². The number of nitrogens with two attached hydrogens (primary N) is 1. The molecule has 0 aromatic carbocycles. The number of anilines is 1. The minimum atomic E-state index is 0.0945. The Labute approximate surface area is 120 Å². The topological polar surface area (TPSA) is 87.6 Å². The van der Waals surface area contributed by atoms with E-state index >= 15 is 0 Å². The Kier molecular flexibility index (Phi) is 5.73. The van der Waals surface area contributed by atoms with Gasteiger partial charge >= 0.3 is 0 Å². The third kappa shape index (κ3) is 3.37. The van der Waals surface area contributed by atoms with Crippen LogP contribution in [0.2, 0.25) is 0 Å². The average molecular weight is 279 g/mol. The van der Waals surface area contributed by atoms with Crippen molar-refractivity contribution in [2.45, 2.75) is 40.5 Å². The highest BCUT2D eigenvalue weighted by atomic mass is 16.4. The molecule has 20 heavy (non-hydrogen) atoms. The smallest absolute Gasteiger partial charge is 0.174 e. The van der Waals surface area contributed by atoms with Gasteiger partial charge in [-0.1, -0.05) is 32.9 Å². The molecule has 0 bridgehead atoms. The molecule has 112 valence electrons. The lowest BCUT2D eigenvalue weighted by Crippen LogP contribution is -2.29. The molecule has 0 aliphatic rings. The zero-order valence-corrected chi connectivity index (χ0v) is 13.0. The predicted molar refractivity (Wildman–Crippen MR) is 81.4 cm³/mol. The Morgan fingerprint density at radius 2 is 1.95 bits per heavy atom. The molecule has 0 saturated heterocycles. The fraction of sp³-hybridized carbons (Fsp3) is 0.643. The molecule has 0 radical (unpaired) electrons. The van der Waals surface area contributed by atoms with Crippen molar-refractivity contribution < 1.29 is 5.21 Å². The summed E-state index contributed by atoms with van der Waals surface area (Å²) in [6.07, 6.45) is 1.54. The maximum atomic E-state index is 9.06. The van der Waals surface area contributed by atoms with Crippen molar-refractivity contribution >= 4 is 11.7 Å². The second-order valence-corrected chi connectivity index (χ2v) is 5.29. The maximum absolute atomic E-state index is 9.06. The highest BCUT2D eigenvalue weighted by Gasteiger charge is 2.20. The van der Waals surface area contributed by atoms with Gasteiger partial charge in [0.1, 0.15) is 0 Å². The van der Waals surface area contributed by atoms with Crippen LogP contribution in [0.5, 0.6) is 0 Å². The molecule has 0 unspecified atom stereocenters. The Hall–Kier alpha value is -1.85. The van der Waals surface area contributed by atoms with Gasteiger partial charge in [0.15, 0.2) is 11.7 Å². The van der Waals surface area contributed by atoms with Crippen molar-refractivity contribution in [1.29, 1.82) is 0 Å². The molecule has 1 aromatic rings. The van der Waals surface area contributed by atoms with Crippen LogP contribution in [0.25, 0.3) is 0 Å². The van der Waals surface area contributed by atoms with E-state index in [2.05, 4.69) is 29.2 Å². The number of oxime groups is 1. The second kappa shape index (κ2) is 7.07. The summed E-state index contributed by atoms with van der Waals surface area (Å²) in [5, 5.41) is 20.8. The van der Waals surface area contributed by atoms with Crippen LogP contribution in [0.3, 0.4) is 0 Å². The van der Waals surface area contributed by atoms with Crippen LogP contribution >= 0.6 is 0 Å². The van der Waals surface area contributed by atoms with Crippen LogP contribution in [0.4, 0.5) is 5.82 Å². The van der Waals surface area contributed by atoms with Gasteiger partial charge in [-0.25, -0.2) is 0 Å². The van der Waals surface area contributed by atoms with Crippen LogP contribution < -0.4 is 10.6 Å². The fourth-order valence-electron chi connectivity index (χ4n) is 2.38. The number of hydrogen-bond donors (Lipinski definition) is 2. The third-order valence-electron chi connectivity index (χ3n) is 3.19. The zero-order chi connectivity index (χ0) is 15.3. The number of hydrogen-bond acceptors (Lipinski definition) is 5. The Morgan fingerprint density at radius 3 is 2.40 bits per heavy atom. The summed E-state index contributed by atoms with van der Waals surface area (Å²) in [6.45, 7) is 9.16. The summed E-state index contributed by atoms with van der Waals surface area (Å²) in [4.78, 5) is 2.00. The zero-order valence-electron chi connectivity index (χ0n) is 13.0. The number of rotatable bonds is 6. The first-order valence-corrected chi connectivity index (χ1v) is 7.03. The number of aryl methyl sites for hydroxylation is 1. The minimum absolute atomic E-state index is 0.0945. The number of amidine groups is 1. The fourth-order valence-corrected chi connectivity index (χ4v) is 2.38. The molecule has 0 aliphatic heterocycles. The van der Waals surface area contributed by atoms with E-state index in [1.165, 1.54) is 0 Å². The van der Waals surface area contributed by atoms with Crippen molar-refractivity contribution in [3.8, 4) is 0 Å². The highest BCUT2D eigenvalue weighted by Crippen LogP contribution is 2.23. The predicted octanol–water partition coefficient (Wildman–Crippen LogP) is 1.79. The molecule has 0 amide bonds. The summed E-state index contributed by atoms with van der Waals surface area (Å²) in [6, 6.07) is 0. The van der Waals surface area contributed by atoms with E-state index in [1.54, 1.807) is 0 Å². The van der Waals surface area contributed by atoms with Gasteiger partial charge in [-0.15, -0.1) is 5.10 Å². The van der Waals surface area contributed by atoms with E-state index in [4.69, 9.17) is 10.9 Å². The summed E-state index contributed by atoms with van der Waals surface area (Å²) >= 11 is 0. The van der Waals surface area contributed by atoms with Crippen LogP contribution in [0.15, 0.2) is 5.16 Å². The lowest BCUT2D eigenvalue weighted by molar-refractivity contribution is 0.318. The summed E-state index contributed by atoms with van der Waals surface area (Å²) < 4.78 is 0. The molecule has 0 spiro atoms. The summed E-state index contributed by atoms with van der Waals surface area (Å²) in [7, 11) is 1.95. The molecule has 6 heteroatoms. The van der Waals surface area contributed by atoms with Gasteiger partial charge in [-0.2, -0.15) is 5.10 Å². The molecule has 0 saturated carbocycles. The lowest BCUT2D eigenvalue weighted by atomic mass is 10.0. The normalized spacial score (nSPS) is 12.0. The number of aromatic nitrogens is 2. The van der Waals surface area contributed by atoms with Gasteiger partial charge in [0.2, 0.25) is 0 Å². The van der Waals surface area contributed by atoms with Crippen molar-refractivity contribution in [1.82, 2.24) is 10.2 Å². The Morgan fingerprint density at radius 1 is 1.30 bits per heavy atom. The molecule has 6 nitrogen and oxygen atoms in total. The molecule has 1 rings (SSSR count). The quantitative estimate of drug-likeness (QED) is 0.359. The van der Waals surface area contributed by atoms with Gasteiger partial charge < -0.3 is 15.8 Å². The molecule has 1 aromatic heterocycles. The number of nitrogens with zero attached hydrogens (tertiary/aromatic N) is 4. The molecule has 3 N–H and O–H groups in total. The Balaban J connectivity index is 3.44. The van der Waals surface area contributed by atoms with Crippen LogP contribution in [-0.4, -0.2) is 34.8 Å². The monoisotopic (exact) mass is 279 g/mol. The van der Waals surface area contributed by atoms with E-state index in [-0.39, 0.29) is 5.84 Å². The maximum Gasteiger partial charge on any atom is 0.174 e. The molecule has 0 atom stereocenters. The van der Waals surface area contributed by atoms with E-state index in [0.717, 1.165) is 30.6 Å². The van der Waals surface area contributed by atoms with E-state index < -0.39 is 0 Å². The van der Waals surface area contributed by atoms with Crippen molar-refractivity contribution in [2.75, 3.05) is 18.5 Å². The largest absolute Gasteiger partial charge is 0.409 e. The first-order chi connectivity index (χ1) is 9.46. The van der Waals surface area contributed by atoms with Crippen LogP contribution in [0, 0.1) is 5.92 Å². The van der Waals surface area contributed by atoms with Crippen LogP contribution in [-0.2, 0) is 12.8 Å². The van der Waals surface area contributed by atoms with Gasteiger partial charge in [-0.05, 0) is 24.3 Å². The van der Waals surface area contributed by atoms with Crippen molar-refractivity contribution in [3.63, 3.8) is 0 Å². The second-order valence-electron chi connectivity index (χ2n) is 5.29. The minimum Gasteiger partial charge on any atom is -0.409 e. The summed E-state index contributed by atoms with van der Waals surface area (Å²) in [5.74, 6) is 1.25. The molecule has 0 fully saturated rings. The van der Waals surface area contributed by atoms with E-state index in [1.807, 2.05) is 25.8 Å². The first-order valence-electron chi connectivity index (χ1n) is 7.03. The van der Waals surface area contributed by atoms with E-state index in [9.17, 15) is 0 Å². The summed E-state index contributed by atoms with van der Waals surface area (Å²) in [5.41, 5.74) is 8.47. The van der Waals surface area contributed by atoms with Crippen molar-refractivity contribution in [2.24, 2.45) is 16.8 Å². The van der Waals surface area contributed by atoms with Crippen LogP contribution in [0.1, 0.15) is 44.5 Å². The first kappa shape index (κ1) is 16.2. The SMILES string of the molecule is CCc1nnc(N(C)CC(C)C)c(C(N)=NO)c1CC. The van der Waals surface area contributed by atoms with Gasteiger partial charge in [0.25, 0.3) is 0 Å². The third-order valence-corrected chi connectivity index (χ3v) is 3.19. The van der Waals surface area contributed by atoms with Gasteiger partial charge in [-0.3, -0.25) is 0 Å². The molecular formula is C14H25N5O. The lowest BCUT2D eigenvalue weighted by Gasteiger charge is -2.24. The standard InChI is InChI=1S/C14H25N5O/c1-6-10-11(7-2)16-17-14(12(10)13(15)18-20)19(5)8-9(3)4/h9,20H,6-8H2,1-5H3,(H2,15,18). The Bertz CT molecular complexity index is 485. The molecular weight excluding hydrogens is 254 g/mol. The van der Waals surface area contributed by atoms with E-state index in [0.29, 0.717) is 17.3 Å². The van der Waals surface area contributed by atoms with Crippen molar-refractivity contribution in [3.05, 3.63) is 16.8 Å². The molecule has 1 heterocycles. The highest BCUT2D eigenvalue weighted by molar-refractivity contribution is 6.02. The molecule has 0 aliphatic carbocycles. The van der Waals surface area contributed by atoms with Gasteiger partial charge in [0, 0.05) is 13.6 Å².